The lowest BCUT2D eigenvalue weighted by molar-refractivity contribution is 0.153. The van der Waals surface area contributed by atoms with Crippen LogP contribution in [0.1, 0.15) is 24.2 Å². The molecule has 1 unspecified atom stereocenters. The number of aliphatic hydroxyl groups is 1. The van der Waals surface area contributed by atoms with E-state index in [1.54, 1.807) is 7.11 Å². The van der Waals surface area contributed by atoms with Crippen LogP contribution in [0.3, 0.4) is 0 Å². The van der Waals surface area contributed by atoms with Crippen LogP contribution in [-0.4, -0.2) is 46.0 Å². The van der Waals surface area contributed by atoms with Gasteiger partial charge in [-0.15, -0.1) is 0 Å². The zero-order valence-electron chi connectivity index (χ0n) is 15.4. The second-order valence-corrected chi connectivity index (χ2v) is 6.92. The van der Waals surface area contributed by atoms with Gasteiger partial charge in [0.25, 0.3) is 0 Å². The summed E-state index contributed by atoms with van der Waals surface area (Å²) in [5.41, 5.74) is 4.84. The summed E-state index contributed by atoms with van der Waals surface area (Å²) in [5, 5.41) is 14.8. The number of methoxy groups -OCH3 is 1. The fraction of sp³-hybridized carbons (Fsp3) is 0.400. The van der Waals surface area contributed by atoms with E-state index in [9.17, 15) is 5.11 Å². The number of aromatic nitrogens is 3. The van der Waals surface area contributed by atoms with Crippen LogP contribution in [-0.2, 0) is 0 Å². The minimum atomic E-state index is -0.287. The average molecular weight is 352 g/mol. The van der Waals surface area contributed by atoms with Crippen molar-refractivity contribution in [3.05, 3.63) is 41.7 Å². The molecule has 4 rings (SSSR count). The van der Waals surface area contributed by atoms with Crippen molar-refractivity contribution in [2.45, 2.75) is 32.8 Å². The van der Waals surface area contributed by atoms with Crippen molar-refractivity contribution in [2.24, 2.45) is 0 Å². The minimum Gasteiger partial charge on any atom is -0.497 e. The van der Waals surface area contributed by atoms with Crippen LogP contribution < -0.4 is 9.64 Å². The van der Waals surface area contributed by atoms with E-state index in [-0.39, 0.29) is 6.10 Å². The van der Waals surface area contributed by atoms with Gasteiger partial charge in [0.1, 0.15) is 11.6 Å². The van der Waals surface area contributed by atoms with Gasteiger partial charge in [0, 0.05) is 30.4 Å². The predicted octanol–water partition coefficient (Wildman–Crippen LogP) is 2.98. The number of rotatable bonds is 3. The Morgan fingerprint density at radius 1 is 1.19 bits per heavy atom. The molecule has 1 N–H and O–H groups in total. The summed E-state index contributed by atoms with van der Waals surface area (Å²) in [6.45, 7) is 5.57. The van der Waals surface area contributed by atoms with Gasteiger partial charge in [-0.25, -0.2) is 4.98 Å². The van der Waals surface area contributed by atoms with Gasteiger partial charge < -0.3 is 14.7 Å². The molecule has 3 heterocycles. The van der Waals surface area contributed by atoms with E-state index in [0.717, 1.165) is 59.1 Å². The molecule has 1 fully saturated rings. The van der Waals surface area contributed by atoms with Crippen LogP contribution in [0.15, 0.2) is 30.3 Å². The standard InChI is InChI=1S/C20H24N4O2/c1-13-11-18(23-10-4-5-16(25)12-23)24-20(21-13)19(14(2)22-24)15-6-8-17(26-3)9-7-15/h6-9,11,16,25H,4-5,10,12H2,1-3H3. The van der Waals surface area contributed by atoms with Crippen LogP contribution in [0.4, 0.5) is 5.82 Å². The summed E-state index contributed by atoms with van der Waals surface area (Å²) < 4.78 is 7.18. The minimum absolute atomic E-state index is 0.287. The third-order valence-corrected chi connectivity index (χ3v) is 4.97. The molecule has 0 bridgehead atoms. The second kappa shape index (κ2) is 6.61. The molecule has 1 aliphatic rings. The first kappa shape index (κ1) is 16.8. The first-order chi connectivity index (χ1) is 12.6. The van der Waals surface area contributed by atoms with Crippen molar-refractivity contribution in [3.8, 4) is 16.9 Å². The lowest BCUT2D eigenvalue weighted by Gasteiger charge is -2.32. The molecule has 0 spiro atoms. The van der Waals surface area contributed by atoms with Gasteiger partial charge in [-0.3, -0.25) is 0 Å². The molecule has 6 nitrogen and oxygen atoms in total. The molecule has 0 radical (unpaired) electrons. The van der Waals surface area contributed by atoms with E-state index in [4.69, 9.17) is 14.8 Å². The highest BCUT2D eigenvalue weighted by atomic mass is 16.5. The van der Waals surface area contributed by atoms with Gasteiger partial charge in [0.15, 0.2) is 5.65 Å². The lowest BCUT2D eigenvalue weighted by Crippen LogP contribution is -2.39. The molecule has 136 valence electrons. The Balaban J connectivity index is 1.86. The van der Waals surface area contributed by atoms with Crippen molar-refractivity contribution in [2.75, 3.05) is 25.1 Å². The fourth-order valence-corrected chi connectivity index (χ4v) is 3.71. The third kappa shape index (κ3) is 2.90. The quantitative estimate of drug-likeness (QED) is 0.785. The molecule has 2 aromatic heterocycles. The Bertz CT molecular complexity index is 933. The molecular formula is C20H24N4O2. The number of fused-ring (bicyclic) bond motifs is 1. The molecule has 3 aromatic rings. The number of hydrogen-bond acceptors (Lipinski definition) is 5. The number of aliphatic hydroxyl groups excluding tert-OH is 1. The summed E-state index contributed by atoms with van der Waals surface area (Å²) >= 11 is 0. The normalized spacial score (nSPS) is 17.7. The maximum Gasteiger partial charge on any atom is 0.165 e. The van der Waals surface area contributed by atoms with Crippen LogP contribution >= 0.6 is 0 Å². The Hall–Kier alpha value is -2.60. The molecule has 1 atom stereocenters. The topological polar surface area (TPSA) is 62.9 Å². The largest absolute Gasteiger partial charge is 0.497 e. The Kier molecular flexibility index (Phi) is 4.28. The predicted molar refractivity (Wildman–Crippen MR) is 102 cm³/mol. The van der Waals surface area contributed by atoms with E-state index in [0.29, 0.717) is 6.54 Å². The summed E-state index contributed by atoms with van der Waals surface area (Å²) in [5.74, 6) is 1.82. The zero-order valence-corrected chi connectivity index (χ0v) is 15.4. The van der Waals surface area contributed by atoms with Gasteiger partial charge in [0.2, 0.25) is 0 Å². The molecule has 1 aliphatic heterocycles. The fourth-order valence-electron chi connectivity index (χ4n) is 3.71. The van der Waals surface area contributed by atoms with Gasteiger partial charge in [0.05, 0.1) is 18.9 Å². The molecule has 0 saturated carbocycles. The Labute approximate surface area is 153 Å². The number of ether oxygens (including phenoxy) is 1. The first-order valence-corrected chi connectivity index (χ1v) is 9.01. The van der Waals surface area contributed by atoms with Gasteiger partial charge in [-0.2, -0.15) is 9.61 Å². The van der Waals surface area contributed by atoms with Crippen molar-refractivity contribution < 1.29 is 9.84 Å². The Morgan fingerprint density at radius 2 is 1.96 bits per heavy atom. The van der Waals surface area contributed by atoms with Crippen molar-refractivity contribution >= 4 is 11.5 Å². The molecule has 26 heavy (non-hydrogen) atoms. The molecular weight excluding hydrogens is 328 g/mol. The highest BCUT2D eigenvalue weighted by Crippen LogP contribution is 2.32. The van der Waals surface area contributed by atoms with E-state index in [1.807, 2.05) is 42.6 Å². The zero-order chi connectivity index (χ0) is 18.3. The SMILES string of the molecule is COc1ccc(-c2c(C)nn3c(N4CCCC(O)C4)cc(C)nc23)cc1. The lowest BCUT2D eigenvalue weighted by atomic mass is 10.1. The number of benzene rings is 1. The number of piperidine rings is 1. The third-order valence-electron chi connectivity index (χ3n) is 4.97. The monoisotopic (exact) mass is 352 g/mol. The highest BCUT2D eigenvalue weighted by molar-refractivity contribution is 5.81. The summed E-state index contributed by atoms with van der Waals surface area (Å²) in [7, 11) is 1.67. The molecule has 6 heteroatoms. The molecule has 0 amide bonds. The maximum absolute atomic E-state index is 10.1. The van der Waals surface area contributed by atoms with Crippen LogP contribution in [0.25, 0.3) is 16.8 Å². The number of nitrogens with zero attached hydrogens (tertiary/aromatic N) is 4. The van der Waals surface area contributed by atoms with E-state index in [1.165, 1.54) is 0 Å². The van der Waals surface area contributed by atoms with E-state index in [2.05, 4.69) is 11.0 Å². The summed E-state index contributed by atoms with van der Waals surface area (Å²) in [6, 6.07) is 10.0. The molecule has 0 aliphatic carbocycles. The number of aryl methyl sites for hydroxylation is 2. The highest BCUT2D eigenvalue weighted by Gasteiger charge is 2.23. The number of anilines is 1. The first-order valence-electron chi connectivity index (χ1n) is 9.01. The summed E-state index contributed by atoms with van der Waals surface area (Å²) in [6.07, 6.45) is 1.55. The maximum atomic E-state index is 10.1. The van der Waals surface area contributed by atoms with Crippen LogP contribution in [0, 0.1) is 13.8 Å². The van der Waals surface area contributed by atoms with Gasteiger partial charge >= 0.3 is 0 Å². The summed E-state index contributed by atoms with van der Waals surface area (Å²) in [4.78, 5) is 6.98. The van der Waals surface area contributed by atoms with Crippen LogP contribution in [0.5, 0.6) is 5.75 Å². The molecule has 1 saturated heterocycles. The van der Waals surface area contributed by atoms with Crippen LogP contribution in [0.2, 0.25) is 0 Å². The van der Waals surface area contributed by atoms with Gasteiger partial charge in [-0.1, -0.05) is 12.1 Å². The van der Waals surface area contributed by atoms with Crippen molar-refractivity contribution in [1.82, 2.24) is 14.6 Å². The van der Waals surface area contributed by atoms with E-state index >= 15 is 0 Å². The average Bonchev–Trinajstić information content (AvgIpc) is 2.97. The number of β-amino-alcohol motifs (C(OH)–C–C–N with tert-alkyl or cyclic N) is 1. The Morgan fingerprint density at radius 3 is 2.65 bits per heavy atom. The number of hydrogen-bond donors (Lipinski definition) is 1. The van der Waals surface area contributed by atoms with E-state index < -0.39 is 0 Å². The molecule has 1 aromatic carbocycles. The second-order valence-electron chi connectivity index (χ2n) is 6.92. The van der Waals surface area contributed by atoms with Gasteiger partial charge in [-0.05, 0) is 44.4 Å². The van der Waals surface area contributed by atoms with Crippen molar-refractivity contribution in [3.63, 3.8) is 0 Å². The smallest absolute Gasteiger partial charge is 0.165 e. The van der Waals surface area contributed by atoms with Crippen molar-refractivity contribution in [1.29, 1.82) is 0 Å².